The second-order valence-corrected chi connectivity index (χ2v) is 4.26. The Morgan fingerprint density at radius 2 is 2.00 bits per heavy atom. The lowest BCUT2D eigenvalue weighted by molar-refractivity contribution is 0.103. The minimum Gasteiger partial charge on any atom is -0.383 e. The first-order valence-electron chi connectivity index (χ1n) is 4.77. The molecule has 2 nitrogen and oxygen atoms in total. The average molecular weight is 222 g/mol. The molecule has 1 unspecified atom stereocenters. The summed E-state index contributed by atoms with van der Waals surface area (Å²) in [5.74, 6) is 0.0410. The summed E-state index contributed by atoms with van der Waals surface area (Å²) in [6, 6.07) is 7.49. The number of benzene rings is 1. The average Bonchev–Trinajstić information content (AvgIpc) is 2.44. The molecule has 0 N–H and O–H groups in total. The fourth-order valence-corrected chi connectivity index (χ4v) is 2.11. The van der Waals surface area contributed by atoms with Crippen LogP contribution in [0.15, 0.2) is 36.0 Å². The smallest absolute Gasteiger partial charge is 0.192 e. The van der Waals surface area contributed by atoms with Crippen molar-refractivity contribution >= 4 is 17.4 Å². The highest BCUT2D eigenvalue weighted by Gasteiger charge is 2.32. The number of hydrogen-bond donors (Lipinski definition) is 0. The van der Waals surface area contributed by atoms with Crippen molar-refractivity contribution in [2.24, 2.45) is 0 Å². The molecule has 0 spiro atoms. The topological polar surface area (TPSA) is 20.3 Å². The van der Waals surface area contributed by atoms with Crippen LogP contribution < -0.4 is 0 Å². The molecule has 15 heavy (non-hydrogen) atoms. The second kappa shape index (κ2) is 3.70. The molecule has 0 radical (unpaired) electrons. The first-order chi connectivity index (χ1) is 7.11. The van der Waals surface area contributed by atoms with E-state index in [1.54, 1.807) is 6.20 Å². The lowest BCUT2D eigenvalue weighted by Gasteiger charge is -2.08. The van der Waals surface area contributed by atoms with Crippen LogP contribution in [0.3, 0.4) is 0 Å². The molecule has 0 heterocycles. The summed E-state index contributed by atoms with van der Waals surface area (Å²) in [5, 5.41) is -0.309. The van der Waals surface area contributed by atoms with Crippen LogP contribution in [0, 0.1) is 0 Å². The van der Waals surface area contributed by atoms with Crippen molar-refractivity contribution in [1.29, 1.82) is 0 Å². The number of halogens is 1. The van der Waals surface area contributed by atoms with Crippen LogP contribution in [-0.2, 0) is 0 Å². The number of carbonyl (C=O) groups excluding carboxylic acids is 1. The molecule has 78 valence electrons. The molecule has 1 aliphatic rings. The number of Topliss-reactive ketones (excluding diaryl/α,β-unsaturated/α-hetero) is 1. The minimum atomic E-state index is -0.309. The maximum atomic E-state index is 12.0. The molecule has 0 aliphatic heterocycles. The molecule has 0 fully saturated rings. The number of alkyl halides is 1. The van der Waals surface area contributed by atoms with Crippen molar-refractivity contribution in [2.45, 2.75) is 5.38 Å². The molecule has 2 rings (SSSR count). The Hall–Kier alpha value is -1.28. The number of hydrogen-bond acceptors (Lipinski definition) is 2. The van der Waals surface area contributed by atoms with Gasteiger partial charge in [-0.05, 0) is 5.56 Å². The SMILES string of the molecule is CN(C)C=C1C(=O)c2ccccc2C1Cl. The Bertz CT molecular complexity index is 437. The first kappa shape index (κ1) is 10.2. The first-order valence-corrected chi connectivity index (χ1v) is 5.20. The van der Waals surface area contributed by atoms with Gasteiger partial charge in [-0.25, -0.2) is 0 Å². The van der Waals surface area contributed by atoms with E-state index in [4.69, 9.17) is 11.6 Å². The zero-order valence-electron chi connectivity index (χ0n) is 8.70. The lowest BCUT2D eigenvalue weighted by atomic mass is 10.1. The highest BCUT2D eigenvalue weighted by atomic mass is 35.5. The summed E-state index contributed by atoms with van der Waals surface area (Å²) in [6.45, 7) is 0. The van der Waals surface area contributed by atoms with Crippen LogP contribution in [0.1, 0.15) is 21.3 Å². The van der Waals surface area contributed by atoms with E-state index in [-0.39, 0.29) is 11.2 Å². The molecule has 0 saturated carbocycles. The van der Waals surface area contributed by atoms with Crippen LogP contribution in [0.4, 0.5) is 0 Å². The molecule has 3 heteroatoms. The third-order valence-corrected chi connectivity index (χ3v) is 2.88. The summed E-state index contributed by atoms with van der Waals surface area (Å²) < 4.78 is 0. The monoisotopic (exact) mass is 221 g/mol. The van der Waals surface area contributed by atoms with Crippen LogP contribution in [-0.4, -0.2) is 24.8 Å². The van der Waals surface area contributed by atoms with Crippen LogP contribution in [0.25, 0.3) is 0 Å². The van der Waals surface area contributed by atoms with Gasteiger partial charge in [-0.2, -0.15) is 0 Å². The van der Waals surface area contributed by atoms with Gasteiger partial charge in [-0.15, -0.1) is 11.6 Å². The van der Waals surface area contributed by atoms with Gasteiger partial charge in [0, 0.05) is 31.4 Å². The number of carbonyl (C=O) groups is 1. The predicted octanol–water partition coefficient (Wildman–Crippen LogP) is 2.61. The predicted molar refractivity (Wildman–Crippen MR) is 61.1 cm³/mol. The van der Waals surface area contributed by atoms with Crippen molar-refractivity contribution in [3.8, 4) is 0 Å². The maximum absolute atomic E-state index is 12.0. The van der Waals surface area contributed by atoms with E-state index in [1.165, 1.54) is 0 Å². The van der Waals surface area contributed by atoms with Gasteiger partial charge >= 0.3 is 0 Å². The molecule has 1 atom stereocenters. The standard InChI is InChI=1S/C12H12ClNO/c1-14(2)7-10-11(13)8-5-3-4-6-9(8)12(10)15/h3-7,11H,1-2H3. The van der Waals surface area contributed by atoms with E-state index in [1.807, 2.05) is 43.3 Å². The van der Waals surface area contributed by atoms with Crippen molar-refractivity contribution in [3.63, 3.8) is 0 Å². The number of rotatable bonds is 1. The molecular formula is C12H12ClNO. The second-order valence-electron chi connectivity index (χ2n) is 3.83. The quantitative estimate of drug-likeness (QED) is 0.537. The largest absolute Gasteiger partial charge is 0.383 e. The molecule has 0 saturated heterocycles. The number of allylic oxidation sites excluding steroid dienone is 1. The Balaban J connectivity index is 2.50. The highest BCUT2D eigenvalue weighted by molar-refractivity contribution is 6.31. The Morgan fingerprint density at radius 3 is 2.60 bits per heavy atom. The van der Waals surface area contributed by atoms with Gasteiger partial charge in [-0.3, -0.25) is 4.79 Å². The van der Waals surface area contributed by atoms with Crippen LogP contribution in [0.5, 0.6) is 0 Å². The summed E-state index contributed by atoms with van der Waals surface area (Å²) >= 11 is 6.23. The normalized spacial score (nSPS) is 21.9. The zero-order chi connectivity index (χ0) is 11.0. The van der Waals surface area contributed by atoms with E-state index in [2.05, 4.69) is 0 Å². The van der Waals surface area contributed by atoms with Crippen LogP contribution >= 0.6 is 11.6 Å². The van der Waals surface area contributed by atoms with Gasteiger partial charge in [-0.1, -0.05) is 24.3 Å². The van der Waals surface area contributed by atoms with E-state index >= 15 is 0 Å². The van der Waals surface area contributed by atoms with Gasteiger partial charge < -0.3 is 4.90 Å². The van der Waals surface area contributed by atoms with E-state index in [0.29, 0.717) is 5.57 Å². The van der Waals surface area contributed by atoms with Gasteiger partial charge in [0.2, 0.25) is 0 Å². The van der Waals surface area contributed by atoms with E-state index in [9.17, 15) is 4.79 Å². The Kier molecular flexibility index (Phi) is 2.53. The van der Waals surface area contributed by atoms with Gasteiger partial charge in [0.15, 0.2) is 5.78 Å². The number of ketones is 1. The minimum absolute atomic E-state index is 0.0410. The maximum Gasteiger partial charge on any atom is 0.192 e. The molecule has 1 aromatic rings. The Morgan fingerprint density at radius 1 is 1.33 bits per heavy atom. The van der Waals surface area contributed by atoms with Crippen molar-refractivity contribution in [1.82, 2.24) is 4.90 Å². The molecule has 1 aliphatic carbocycles. The lowest BCUT2D eigenvalue weighted by Crippen LogP contribution is -2.07. The highest BCUT2D eigenvalue weighted by Crippen LogP contribution is 2.40. The molecule has 0 amide bonds. The van der Waals surface area contributed by atoms with Gasteiger partial charge in [0.25, 0.3) is 0 Å². The van der Waals surface area contributed by atoms with Crippen molar-refractivity contribution in [2.75, 3.05) is 14.1 Å². The van der Waals surface area contributed by atoms with E-state index in [0.717, 1.165) is 11.1 Å². The van der Waals surface area contributed by atoms with Crippen molar-refractivity contribution in [3.05, 3.63) is 47.2 Å². The third kappa shape index (κ3) is 1.65. The van der Waals surface area contributed by atoms with Gasteiger partial charge in [0.1, 0.15) is 0 Å². The fourth-order valence-electron chi connectivity index (χ4n) is 1.77. The zero-order valence-corrected chi connectivity index (χ0v) is 9.45. The third-order valence-electron chi connectivity index (χ3n) is 2.41. The molecule has 0 bridgehead atoms. The molecular weight excluding hydrogens is 210 g/mol. The van der Waals surface area contributed by atoms with Gasteiger partial charge in [0.05, 0.1) is 5.38 Å². The van der Waals surface area contributed by atoms with E-state index < -0.39 is 0 Å². The fraction of sp³-hybridized carbons (Fsp3) is 0.250. The molecule has 0 aromatic heterocycles. The van der Waals surface area contributed by atoms with Crippen molar-refractivity contribution < 1.29 is 4.79 Å². The summed E-state index contributed by atoms with van der Waals surface area (Å²) in [4.78, 5) is 13.8. The molecule has 1 aromatic carbocycles. The summed E-state index contributed by atoms with van der Waals surface area (Å²) in [6.07, 6.45) is 1.79. The summed E-state index contributed by atoms with van der Waals surface area (Å²) in [7, 11) is 3.76. The summed E-state index contributed by atoms with van der Waals surface area (Å²) in [5.41, 5.74) is 2.30. The van der Waals surface area contributed by atoms with Crippen LogP contribution in [0.2, 0.25) is 0 Å². The number of fused-ring (bicyclic) bond motifs is 1. The Labute approximate surface area is 94.2 Å². The number of nitrogens with zero attached hydrogens (tertiary/aromatic N) is 1.